The summed E-state index contributed by atoms with van der Waals surface area (Å²) >= 11 is 1.66. The van der Waals surface area contributed by atoms with E-state index in [2.05, 4.69) is 40.6 Å². The highest BCUT2D eigenvalue weighted by molar-refractivity contribution is 7.16. The molecule has 0 bridgehead atoms. The smallest absolute Gasteiger partial charge is 0.138 e. The van der Waals surface area contributed by atoms with Gasteiger partial charge in [-0.25, -0.2) is 9.97 Å². The number of nitrogens with zero attached hydrogens (tertiary/aromatic N) is 2. The van der Waals surface area contributed by atoms with Gasteiger partial charge in [-0.15, -0.1) is 11.3 Å². The fourth-order valence-electron chi connectivity index (χ4n) is 1.91. The molecule has 2 heterocycles. The largest absolute Gasteiger partial charge is 0.367 e. The zero-order valence-corrected chi connectivity index (χ0v) is 11.3. The van der Waals surface area contributed by atoms with Crippen molar-refractivity contribution in [2.75, 3.05) is 5.32 Å². The maximum absolute atomic E-state index is 4.33. The monoisotopic (exact) mass is 249 g/mol. The van der Waals surface area contributed by atoms with Crippen molar-refractivity contribution in [1.82, 2.24) is 9.97 Å². The molecule has 2 aromatic heterocycles. The number of hydrogen-bond donors (Lipinski definition) is 1. The lowest BCUT2D eigenvalue weighted by Gasteiger charge is -2.14. The van der Waals surface area contributed by atoms with Gasteiger partial charge in [0.2, 0.25) is 0 Å². The molecule has 92 valence electrons. The molecule has 0 saturated carbocycles. The molecule has 2 rings (SSSR count). The minimum absolute atomic E-state index is 0.472. The van der Waals surface area contributed by atoms with E-state index in [1.807, 2.05) is 0 Å². The fourth-order valence-corrected chi connectivity index (χ4v) is 2.64. The van der Waals surface area contributed by atoms with Crippen molar-refractivity contribution >= 4 is 27.4 Å². The Kier molecular flexibility index (Phi) is 4.31. The van der Waals surface area contributed by atoms with Gasteiger partial charge in [0.25, 0.3) is 0 Å². The van der Waals surface area contributed by atoms with E-state index in [9.17, 15) is 0 Å². The van der Waals surface area contributed by atoms with E-state index in [-0.39, 0.29) is 0 Å². The number of nitrogens with one attached hydrogen (secondary N) is 1. The number of aromatic nitrogens is 2. The van der Waals surface area contributed by atoms with Crippen molar-refractivity contribution < 1.29 is 0 Å². The van der Waals surface area contributed by atoms with E-state index in [4.69, 9.17) is 0 Å². The van der Waals surface area contributed by atoms with Gasteiger partial charge in [0, 0.05) is 6.04 Å². The lowest BCUT2D eigenvalue weighted by Crippen LogP contribution is -2.16. The lowest BCUT2D eigenvalue weighted by molar-refractivity contribution is 0.614. The summed E-state index contributed by atoms with van der Waals surface area (Å²) in [5.74, 6) is 0.972. The van der Waals surface area contributed by atoms with Gasteiger partial charge in [-0.05, 0) is 24.8 Å². The number of unbranched alkanes of at least 4 members (excludes halogenated alkanes) is 2. The number of fused-ring (bicyclic) bond motifs is 1. The van der Waals surface area contributed by atoms with Crippen molar-refractivity contribution in [1.29, 1.82) is 0 Å². The first-order valence-corrected chi connectivity index (χ1v) is 7.14. The minimum Gasteiger partial charge on any atom is -0.367 e. The minimum atomic E-state index is 0.472. The van der Waals surface area contributed by atoms with Crippen LogP contribution in [0.15, 0.2) is 17.8 Å². The van der Waals surface area contributed by atoms with Gasteiger partial charge in [0.1, 0.15) is 17.0 Å². The molecule has 0 fully saturated rings. The van der Waals surface area contributed by atoms with Gasteiger partial charge in [-0.1, -0.05) is 26.2 Å². The first-order chi connectivity index (χ1) is 8.31. The van der Waals surface area contributed by atoms with Gasteiger partial charge in [-0.2, -0.15) is 0 Å². The highest BCUT2D eigenvalue weighted by Crippen LogP contribution is 2.24. The summed E-state index contributed by atoms with van der Waals surface area (Å²) in [7, 11) is 0. The fraction of sp³-hybridized carbons (Fsp3) is 0.538. The summed E-state index contributed by atoms with van der Waals surface area (Å²) in [5.41, 5.74) is 0. The van der Waals surface area contributed by atoms with E-state index in [1.165, 1.54) is 25.7 Å². The highest BCUT2D eigenvalue weighted by atomic mass is 32.1. The molecule has 0 aromatic carbocycles. The van der Waals surface area contributed by atoms with Gasteiger partial charge >= 0.3 is 0 Å². The number of rotatable bonds is 6. The Balaban J connectivity index is 2.00. The molecule has 0 radical (unpaired) electrons. The van der Waals surface area contributed by atoms with E-state index in [0.717, 1.165) is 16.0 Å². The summed E-state index contributed by atoms with van der Waals surface area (Å²) in [6.45, 7) is 4.45. The molecule has 0 aliphatic rings. The third-order valence-electron chi connectivity index (χ3n) is 2.89. The Labute approximate surface area is 106 Å². The Morgan fingerprint density at radius 3 is 3.06 bits per heavy atom. The summed E-state index contributed by atoms with van der Waals surface area (Å²) in [6.07, 6.45) is 6.70. The van der Waals surface area contributed by atoms with Crippen LogP contribution in [0.3, 0.4) is 0 Å². The maximum Gasteiger partial charge on any atom is 0.138 e. The zero-order chi connectivity index (χ0) is 12.1. The van der Waals surface area contributed by atoms with Crippen LogP contribution in [-0.2, 0) is 0 Å². The van der Waals surface area contributed by atoms with E-state index in [1.54, 1.807) is 17.7 Å². The lowest BCUT2D eigenvalue weighted by atomic mass is 10.1. The molecule has 4 heteroatoms. The summed E-state index contributed by atoms with van der Waals surface area (Å²) < 4.78 is 0. The Hall–Kier alpha value is -1.16. The van der Waals surface area contributed by atoms with Crippen LogP contribution in [0, 0.1) is 0 Å². The predicted octanol–water partition coefficient (Wildman–Crippen LogP) is 4.07. The molecule has 3 nitrogen and oxygen atoms in total. The third-order valence-corrected chi connectivity index (χ3v) is 3.71. The quantitative estimate of drug-likeness (QED) is 0.784. The molecule has 0 amide bonds. The molecular weight excluding hydrogens is 230 g/mol. The molecule has 2 aromatic rings. The normalized spacial score (nSPS) is 12.8. The summed E-state index contributed by atoms with van der Waals surface area (Å²) in [5, 5.41) is 6.69. The highest BCUT2D eigenvalue weighted by Gasteiger charge is 2.07. The van der Waals surface area contributed by atoms with Gasteiger partial charge in [0.15, 0.2) is 0 Å². The molecule has 0 spiro atoms. The molecule has 0 aliphatic carbocycles. The van der Waals surface area contributed by atoms with Crippen molar-refractivity contribution in [3.8, 4) is 0 Å². The molecule has 1 atom stereocenters. The second-order valence-electron chi connectivity index (χ2n) is 4.40. The average Bonchev–Trinajstić information content (AvgIpc) is 2.78. The van der Waals surface area contributed by atoms with Gasteiger partial charge in [-0.3, -0.25) is 0 Å². The molecule has 0 aliphatic heterocycles. The van der Waals surface area contributed by atoms with E-state index in [0.29, 0.717) is 6.04 Å². The van der Waals surface area contributed by atoms with Gasteiger partial charge < -0.3 is 5.32 Å². The second-order valence-corrected chi connectivity index (χ2v) is 5.30. The molecule has 1 unspecified atom stereocenters. The number of hydrogen-bond acceptors (Lipinski definition) is 4. The van der Waals surface area contributed by atoms with Crippen LogP contribution >= 0.6 is 11.3 Å². The second kappa shape index (κ2) is 5.96. The topological polar surface area (TPSA) is 37.8 Å². The van der Waals surface area contributed by atoms with Gasteiger partial charge in [0.05, 0.1) is 5.39 Å². The number of anilines is 1. The first kappa shape index (κ1) is 12.3. The van der Waals surface area contributed by atoms with Crippen LogP contribution < -0.4 is 5.32 Å². The van der Waals surface area contributed by atoms with Crippen molar-refractivity contribution in [2.24, 2.45) is 0 Å². The van der Waals surface area contributed by atoms with Crippen LogP contribution in [0.5, 0.6) is 0 Å². The van der Waals surface area contributed by atoms with E-state index >= 15 is 0 Å². The Bertz CT molecular complexity index is 466. The molecular formula is C13H19N3S. The standard InChI is InChI=1S/C13H19N3S/c1-3-4-5-6-10(2)16-12-11-7-8-17-13(11)15-9-14-12/h7-10H,3-6H2,1-2H3,(H,14,15,16). The van der Waals surface area contributed by atoms with Crippen LogP contribution in [0.25, 0.3) is 10.2 Å². The Morgan fingerprint density at radius 2 is 2.24 bits per heavy atom. The predicted molar refractivity (Wildman–Crippen MR) is 74.6 cm³/mol. The third kappa shape index (κ3) is 3.16. The molecule has 17 heavy (non-hydrogen) atoms. The Morgan fingerprint density at radius 1 is 1.35 bits per heavy atom. The van der Waals surface area contributed by atoms with Crippen molar-refractivity contribution in [3.05, 3.63) is 17.8 Å². The maximum atomic E-state index is 4.33. The van der Waals surface area contributed by atoms with Crippen molar-refractivity contribution in [2.45, 2.75) is 45.6 Å². The molecule has 0 saturated heterocycles. The van der Waals surface area contributed by atoms with Crippen molar-refractivity contribution in [3.63, 3.8) is 0 Å². The SMILES string of the molecule is CCCCCC(C)Nc1ncnc2sccc12. The van der Waals surface area contributed by atoms with Crippen LogP contribution in [-0.4, -0.2) is 16.0 Å². The first-order valence-electron chi connectivity index (χ1n) is 6.26. The average molecular weight is 249 g/mol. The number of thiophene rings is 1. The summed E-state index contributed by atoms with van der Waals surface area (Å²) in [4.78, 5) is 9.64. The van der Waals surface area contributed by atoms with Crippen LogP contribution in [0.1, 0.15) is 39.5 Å². The van der Waals surface area contributed by atoms with Crippen LogP contribution in [0.2, 0.25) is 0 Å². The summed E-state index contributed by atoms with van der Waals surface area (Å²) in [6, 6.07) is 2.56. The molecule has 1 N–H and O–H groups in total. The van der Waals surface area contributed by atoms with Crippen LogP contribution in [0.4, 0.5) is 5.82 Å². The van der Waals surface area contributed by atoms with E-state index < -0.39 is 0 Å². The zero-order valence-electron chi connectivity index (χ0n) is 10.4.